The largest absolute Gasteiger partial charge is 0.386 e. The third-order valence-corrected chi connectivity index (χ3v) is 4.91. The average Bonchev–Trinajstić information content (AvgIpc) is 2.61. The molecular weight excluding hydrogens is 300 g/mol. The molecule has 3 N–H and O–H groups in total. The standard InChI is InChI=1S/C19H32N4O/c1-4-21-19(22-13-18(24)16-9-11-20-12-10-16)23-17-7-5-15(6-8-17)14(2)3/h9-12,14-15,17-18,24H,4-8,13H2,1-3H3,(H2,21,22,23). The molecule has 0 aromatic carbocycles. The lowest BCUT2D eigenvalue weighted by atomic mass is 9.80. The first-order chi connectivity index (χ1) is 11.6. The molecule has 1 aliphatic rings. The monoisotopic (exact) mass is 332 g/mol. The van der Waals surface area contributed by atoms with Crippen LogP contribution in [0.3, 0.4) is 0 Å². The molecule has 2 rings (SSSR count). The van der Waals surface area contributed by atoms with Crippen molar-refractivity contribution in [1.29, 1.82) is 0 Å². The highest BCUT2D eigenvalue weighted by Crippen LogP contribution is 2.29. The van der Waals surface area contributed by atoms with E-state index in [0.717, 1.165) is 29.9 Å². The Labute approximate surface area is 146 Å². The second kappa shape index (κ2) is 9.62. The van der Waals surface area contributed by atoms with Crippen LogP contribution in [0.5, 0.6) is 0 Å². The van der Waals surface area contributed by atoms with E-state index in [9.17, 15) is 5.11 Å². The predicted molar refractivity (Wildman–Crippen MR) is 98.9 cm³/mol. The Hall–Kier alpha value is -1.62. The zero-order valence-electron chi connectivity index (χ0n) is 15.2. The Balaban J connectivity index is 1.87. The molecule has 1 unspecified atom stereocenters. The zero-order chi connectivity index (χ0) is 17.4. The fraction of sp³-hybridized carbons (Fsp3) is 0.684. The summed E-state index contributed by atoms with van der Waals surface area (Å²) in [7, 11) is 0. The molecule has 1 fully saturated rings. The van der Waals surface area contributed by atoms with Crippen molar-refractivity contribution in [3.63, 3.8) is 0 Å². The fourth-order valence-corrected chi connectivity index (χ4v) is 3.31. The third kappa shape index (κ3) is 5.78. The van der Waals surface area contributed by atoms with Crippen molar-refractivity contribution >= 4 is 5.96 Å². The van der Waals surface area contributed by atoms with Crippen LogP contribution in [0, 0.1) is 11.8 Å². The first-order valence-corrected chi connectivity index (χ1v) is 9.23. The van der Waals surface area contributed by atoms with E-state index < -0.39 is 6.10 Å². The first-order valence-electron chi connectivity index (χ1n) is 9.23. The quantitative estimate of drug-likeness (QED) is 0.553. The Morgan fingerprint density at radius 2 is 1.92 bits per heavy atom. The SMILES string of the molecule is CCNC(=NCC(O)c1ccncc1)NC1CCC(C(C)C)CC1. The van der Waals surface area contributed by atoms with Gasteiger partial charge < -0.3 is 15.7 Å². The molecule has 0 bridgehead atoms. The summed E-state index contributed by atoms with van der Waals surface area (Å²) in [5, 5.41) is 17.1. The molecule has 0 amide bonds. The van der Waals surface area contributed by atoms with Crippen LogP contribution in [0.2, 0.25) is 0 Å². The molecule has 0 spiro atoms. The number of aliphatic imine (C=N–C) groups is 1. The molecule has 1 saturated carbocycles. The van der Waals surface area contributed by atoms with Crippen molar-refractivity contribution in [3.05, 3.63) is 30.1 Å². The third-order valence-electron chi connectivity index (χ3n) is 4.91. The van der Waals surface area contributed by atoms with Crippen LogP contribution in [0.1, 0.15) is 58.1 Å². The highest BCUT2D eigenvalue weighted by atomic mass is 16.3. The van der Waals surface area contributed by atoms with Crippen molar-refractivity contribution in [2.75, 3.05) is 13.1 Å². The maximum absolute atomic E-state index is 10.2. The second-order valence-corrected chi connectivity index (χ2v) is 7.02. The second-order valence-electron chi connectivity index (χ2n) is 7.02. The van der Waals surface area contributed by atoms with Gasteiger partial charge in [0.1, 0.15) is 0 Å². The van der Waals surface area contributed by atoms with Gasteiger partial charge in [0.2, 0.25) is 0 Å². The molecule has 5 nitrogen and oxygen atoms in total. The summed E-state index contributed by atoms with van der Waals surface area (Å²) in [4.78, 5) is 8.54. The number of hydrogen-bond donors (Lipinski definition) is 3. The highest BCUT2D eigenvalue weighted by Gasteiger charge is 2.23. The van der Waals surface area contributed by atoms with E-state index in [1.165, 1.54) is 25.7 Å². The van der Waals surface area contributed by atoms with Gasteiger partial charge in [0.25, 0.3) is 0 Å². The van der Waals surface area contributed by atoms with Crippen LogP contribution in [-0.2, 0) is 0 Å². The molecule has 24 heavy (non-hydrogen) atoms. The van der Waals surface area contributed by atoms with Crippen molar-refractivity contribution < 1.29 is 5.11 Å². The van der Waals surface area contributed by atoms with Gasteiger partial charge >= 0.3 is 0 Å². The summed E-state index contributed by atoms with van der Waals surface area (Å²) in [5.74, 6) is 2.44. The minimum Gasteiger partial charge on any atom is -0.386 e. The molecule has 5 heteroatoms. The van der Waals surface area contributed by atoms with Crippen LogP contribution >= 0.6 is 0 Å². The van der Waals surface area contributed by atoms with Crippen molar-refractivity contribution in [2.24, 2.45) is 16.8 Å². The van der Waals surface area contributed by atoms with E-state index in [1.54, 1.807) is 12.4 Å². The molecule has 1 heterocycles. The van der Waals surface area contributed by atoms with Gasteiger partial charge in [0.15, 0.2) is 5.96 Å². The van der Waals surface area contributed by atoms with Gasteiger partial charge in [-0.2, -0.15) is 0 Å². The van der Waals surface area contributed by atoms with E-state index in [2.05, 4.69) is 41.4 Å². The number of aromatic nitrogens is 1. The van der Waals surface area contributed by atoms with Crippen molar-refractivity contribution in [2.45, 2.75) is 58.6 Å². The Kier molecular flexibility index (Phi) is 7.50. The minimum absolute atomic E-state index is 0.348. The van der Waals surface area contributed by atoms with Crippen LogP contribution in [0.15, 0.2) is 29.5 Å². The Morgan fingerprint density at radius 3 is 2.50 bits per heavy atom. The van der Waals surface area contributed by atoms with Gasteiger partial charge in [-0.25, -0.2) is 0 Å². The van der Waals surface area contributed by atoms with Gasteiger partial charge in [-0.05, 0) is 62.1 Å². The highest BCUT2D eigenvalue weighted by molar-refractivity contribution is 5.80. The van der Waals surface area contributed by atoms with Crippen LogP contribution in [-0.4, -0.2) is 35.2 Å². The molecule has 0 radical (unpaired) electrons. The number of aliphatic hydroxyl groups excluding tert-OH is 1. The van der Waals surface area contributed by atoms with Crippen LogP contribution in [0.25, 0.3) is 0 Å². The minimum atomic E-state index is -0.597. The van der Waals surface area contributed by atoms with Crippen molar-refractivity contribution in [1.82, 2.24) is 15.6 Å². The van der Waals surface area contributed by atoms with Gasteiger partial charge in [0.05, 0.1) is 12.6 Å². The lowest BCUT2D eigenvalue weighted by Gasteiger charge is -2.32. The lowest BCUT2D eigenvalue weighted by Crippen LogP contribution is -2.45. The maximum atomic E-state index is 10.2. The Bertz CT molecular complexity index is 495. The number of nitrogens with one attached hydrogen (secondary N) is 2. The Morgan fingerprint density at radius 1 is 1.25 bits per heavy atom. The van der Waals surface area contributed by atoms with Gasteiger partial charge in [0, 0.05) is 25.0 Å². The number of aliphatic hydroxyl groups is 1. The fourth-order valence-electron chi connectivity index (χ4n) is 3.31. The zero-order valence-corrected chi connectivity index (χ0v) is 15.2. The smallest absolute Gasteiger partial charge is 0.191 e. The first kappa shape index (κ1) is 18.7. The lowest BCUT2D eigenvalue weighted by molar-refractivity contribution is 0.187. The van der Waals surface area contributed by atoms with E-state index in [-0.39, 0.29) is 0 Å². The molecule has 1 aliphatic carbocycles. The molecular formula is C19H32N4O. The van der Waals surface area contributed by atoms with Gasteiger partial charge in [-0.1, -0.05) is 13.8 Å². The maximum Gasteiger partial charge on any atom is 0.191 e. The topological polar surface area (TPSA) is 69.5 Å². The summed E-state index contributed by atoms with van der Waals surface area (Å²) >= 11 is 0. The number of rotatable bonds is 6. The normalized spacial score (nSPS) is 23.1. The van der Waals surface area contributed by atoms with E-state index >= 15 is 0 Å². The number of pyridine rings is 1. The van der Waals surface area contributed by atoms with Gasteiger partial charge in [-0.15, -0.1) is 0 Å². The van der Waals surface area contributed by atoms with Crippen LogP contribution < -0.4 is 10.6 Å². The summed E-state index contributed by atoms with van der Waals surface area (Å²) in [5.41, 5.74) is 0.849. The molecule has 1 aromatic heterocycles. The summed E-state index contributed by atoms with van der Waals surface area (Å²) < 4.78 is 0. The van der Waals surface area contributed by atoms with E-state index in [1.807, 2.05) is 12.1 Å². The summed E-state index contributed by atoms with van der Waals surface area (Å²) in [6, 6.07) is 4.14. The van der Waals surface area contributed by atoms with Crippen LogP contribution in [0.4, 0.5) is 0 Å². The summed E-state index contributed by atoms with van der Waals surface area (Å²) in [6.45, 7) is 7.88. The number of guanidine groups is 1. The number of hydrogen-bond acceptors (Lipinski definition) is 3. The summed E-state index contributed by atoms with van der Waals surface area (Å²) in [6.07, 6.45) is 7.75. The average molecular weight is 332 g/mol. The molecule has 134 valence electrons. The predicted octanol–water partition coefficient (Wildman–Crippen LogP) is 2.88. The molecule has 1 atom stereocenters. The van der Waals surface area contributed by atoms with E-state index in [0.29, 0.717) is 12.6 Å². The molecule has 0 aliphatic heterocycles. The molecule has 1 aromatic rings. The number of nitrogens with zero attached hydrogens (tertiary/aromatic N) is 2. The van der Waals surface area contributed by atoms with Crippen molar-refractivity contribution in [3.8, 4) is 0 Å². The van der Waals surface area contributed by atoms with E-state index in [4.69, 9.17) is 0 Å². The van der Waals surface area contributed by atoms with Gasteiger partial charge in [-0.3, -0.25) is 9.98 Å². The molecule has 0 saturated heterocycles.